The van der Waals surface area contributed by atoms with Gasteiger partial charge >= 0.3 is 0 Å². The first kappa shape index (κ1) is 21.3. The average Bonchev–Trinajstić information content (AvgIpc) is 2.56. The SMILES string of the molecule is C[C@H](O)C#CCCCCCCCCCCCCc1ccccc1Br. The molecule has 1 atom stereocenters. The predicted molar refractivity (Wildman–Crippen MR) is 108 cm³/mol. The maximum atomic E-state index is 9.02. The van der Waals surface area contributed by atoms with Gasteiger partial charge in [0.1, 0.15) is 6.10 Å². The first-order chi connectivity index (χ1) is 11.7. The molecular weight excluding hydrogens is 360 g/mol. The number of rotatable bonds is 12. The molecule has 0 unspecified atom stereocenters. The van der Waals surface area contributed by atoms with Crippen LogP contribution in [0.2, 0.25) is 0 Å². The molecule has 0 aliphatic rings. The van der Waals surface area contributed by atoms with Gasteiger partial charge in [0.15, 0.2) is 0 Å². The highest BCUT2D eigenvalue weighted by molar-refractivity contribution is 9.10. The Kier molecular flexibility index (Phi) is 12.9. The van der Waals surface area contributed by atoms with Crippen LogP contribution in [0.1, 0.15) is 83.1 Å². The number of hydrogen-bond acceptors (Lipinski definition) is 1. The molecule has 1 aromatic carbocycles. The van der Waals surface area contributed by atoms with Crippen LogP contribution in [0.15, 0.2) is 28.7 Å². The fraction of sp³-hybridized carbons (Fsp3) is 0.636. The monoisotopic (exact) mass is 392 g/mol. The summed E-state index contributed by atoms with van der Waals surface area (Å²) >= 11 is 3.62. The topological polar surface area (TPSA) is 20.2 Å². The van der Waals surface area contributed by atoms with Gasteiger partial charge in [-0.2, -0.15) is 0 Å². The van der Waals surface area contributed by atoms with Crippen LogP contribution in [0.5, 0.6) is 0 Å². The summed E-state index contributed by atoms with van der Waals surface area (Å²) in [7, 11) is 0. The van der Waals surface area contributed by atoms with E-state index in [1.807, 2.05) is 0 Å². The largest absolute Gasteiger partial charge is 0.381 e. The molecule has 0 radical (unpaired) electrons. The highest BCUT2D eigenvalue weighted by Gasteiger charge is 1.98. The second kappa shape index (κ2) is 14.6. The van der Waals surface area contributed by atoms with Crippen LogP contribution in [-0.2, 0) is 6.42 Å². The third-order valence-electron chi connectivity index (χ3n) is 4.27. The Morgan fingerprint density at radius 1 is 0.875 bits per heavy atom. The molecule has 0 aromatic heterocycles. The molecule has 0 saturated carbocycles. The molecule has 1 nitrogen and oxygen atoms in total. The predicted octanol–water partition coefficient (Wildman–Crippen LogP) is 6.67. The maximum absolute atomic E-state index is 9.02. The number of aliphatic hydroxyl groups excluding tert-OH is 1. The van der Waals surface area contributed by atoms with Crippen molar-refractivity contribution < 1.29 is 5.11 Å². The fourth-order valence-corrected chi connectivity index (χ4v) is 3.35. The lowest BCUT2D eigenvalue weighted by atomic mass is 10.0. The summed E-state index contributed by atoms with van der Waals surface area (Å²) in [5.74, 6) is 5.83. The van der Waals surface area contributed by atoms with Gasteiger partial charge in [-0.1, -0.05) is 91.4 Å². The van der Waals surface area contributed by atoms with Gasteiger partial charge in [-0.3, -0.25) is 0 Å². The summed E-state index contributed by atoms with van der Waals surface area (Å²) in [6, 6.07) is 8.56. The Morgan fingerprint density at radius 2 is 1.42 bits per heavy atom. The summed E-state index contributed by atoms with van der Waals surface area (Å²) in [5.41, 5.74) is 1.44. The smallest absolute Gasteiger partial charge is 0.111 e. The van der Waals surface area contributed by atoms with Crippen molar-refractivity contribution in [2.24, 2.45) is 0 Å². The molecule has 0 spiro atoms. The third-order valence-corrected chi connectivity index (χ3v) is 5.04. The number of aliphatic hydroxyl groups is 1. The summed E-state index contributed by atoms with van der Waals surface area (Å²) < 4.78 is 1.25. The molecule has 0 aliphatic carbocycles. The minimum Gasteiger partial charge on any atom is -0.381 e. The first-order valence-electron chi connectivity index (χ1n) is 9.60. The van der Waals surface area contributed by atoms with Gasteiger partial charge in [-0.25, -0.2) is 0 Å². The number of hydrogen-bond donors (Lipinski definition) is 1. The average molecular weight is 393 g/mol. The maximum Gasteiger partial charge on any atom is 0.111 e. The van der Waals surface area contributed by atoms with Crippen molar-refractivity contribution in [3.63, 3.8) is 0 Å². The summed E-state index contributed by atoms with van der Waals surface area (Å²) in [6.07, 6.45) is 15.0. The minimum atomic E-state index is -0.473. The summed E-state index contributed by atoms with van der Waals surface area (Å²) in [5, 5.41) is 9.02. The van der Waals surface area contributed by atoms with E-state index >= 15 is 0 Å². The molecule has 1 N–H and O–H groups in total. The Bertz CT molecular complexity index is 484. The molecule has 134 valence electrons. The third kappa shape index (κ3) is 11.7. The summed E-state index contributed by atoms with van der Waals surface area (Å²) in [4.78, 5) is 0. The molecule has 0 aliphatic heterocycles. The zero-order chi connectivity index (χ0) is 17.5. The highest BCUT2D eigenvalue weighted by atomic mass is 79.9. The van der Waals surface area contributed by atoms with Crippen LogP contribution in [0.3, 0.4) is 0 Å². The highest BCUT2D eigenvalue weighted by Crippen LogP contribution is 2.19. The van der Waals surface area contributed by atoms with Crippen molar-refractivity contribution in [3.8, 4) is 11.8 Å². The van der Waals surface area contributed by atoms with Crippen LogP contribution < -0.4 is 0 Å². The Balaban J connectivity index is 1.83. The first-order valence-corrected chi connectivity index (χ1v) is 10.4. The Morgan fingerprint density at radius 3 is 2.00 bits per heavy atom. The fourth-order valence-electron chi connectivity index (χ4n) is 2.86. The molecule has 0 bridgehead atoms. The van der Waals surface area contributed by atoms with Crippen molar-refractivity contribution in [3.05, 3.63) is 34.3 Å². The van der Waals surface area contributed by atoms with Crippen molar-refractivity contribution in [2.75, 3.05) is 0 Å². The molecule has 0 heterocycles. The lowest BCUT2D eigenvalue weighted by molar-refractivity contribution is 0.253. The number of halogens is 1. The Labute approximate surface area is 157 Å². The molecule has 24 heavy (non-hydrogen) atoms. The Hall–Kier alpha value is -0.780. The van der Waals surface area contributed by atoms with E-state index in [2.05, 4.69) is 52.0 Å². The second-order valence-electron chi connectivity index (χ2n) is 6.62. The van der Waals surface area contributed by atoms with E-state index in [9.17, 15) is 0 Å². The van der Waals surface area contributed by atoms with E-state index in [-0.39, 0.29) is 0 Å². The van der Waals surface area contributed by atoms with Gasteiger partial charge in [0.25, 0.3) is 0 Å². The zero-order valence-corrected chi connectivity index (χ0v) is 16.8. The normalized spacial score (nSPS) is 11.8. The molecule has 0 saturated heterocycles. The van der Waals surface area contributed by atoms with E-state index in [4.69, 9.17) is 5.11 Å². The molecule has 2 heteroatoms. The van der Waals surface area contributed by atoms with Crippen molar-refractivity contribution in [2.45, 2.75) is 90.1 Å². The van der Waals surface area contributed by atoms with E-state index in [0.29, 0.717) is 0 Å². The van der Waals surface area contributed by atoms with Crippen LogP contribution in [-0.4, -0.2) is 11.2 Å². The van der Waals surface area contributed by atoms with Crippen LogP contribution in [0, 0.1) is 11.8 Å². The van der Waals surface area contributed by atoms with Crippen molar-refractivity contribution in [1.82, 2.24) is 0 Å². The van der Waals surface area contributed by atoms with E-state index in [1.165, 1.54) is 80.7 Å². The molecule has 0 amide bonds. The number of aryl methyl sites for hydroxylation is 1. The van der Waals surface area contributed by atoms with Gasteiger partial charge in [-0.15, -0.1) is 5.92 Å². The molecule has 1 rings (SSSR count). The van der Waals surface area contributed by atoms with Crippen LogP contribution in [0.4, 0.5) is 0 Å². The van der Waals surface area contributed by atoms with E-state index in [1.54, 1.807) is 6.92 Å². The molecular formula is C22H33BrO. The van der Waals surface area contributed by atoms with E-state index in [0.717, 1.165) is 6.42 Å². The lowest BCUT2D eigenvalue weighted by Crippen LogP contribution is -1.92. The van der Waals surface area contributed by atoms with Crippen LogP contribution >= 0.6 is 15.9 Å². The van der Waals surface area contributed by atoms with Gasteiger partial charge in [0, 0.05) is 10.9 Å². The van der Waals surface area contributed by atoms with Crippen LogP contribution in [0.25, 0.3) is 0 Å². The zero-order valence-electron chi connectivity index (χ0n) is 15.2. The second-order valence-corrected chi connectivity index (χ2v) is 7.48. The minimum absolute atomic E-state index is 0.473. The van der Waals surface area contributed by atoms with Gasteiger partial charge in [0.05, 0.1) is 0 Å². The van der Waals surface area contributed by atoms with Gasteiger partial charge < -0.3 is 5.11 Å². The van der Waals surface area contributed by atoms with E-state index < -0.39 is 6.10 Å². The quantitative estimate of drug-likeness (QED) is 0.311. The lowest BCUT2D eigenvalue weighted by Gasteiger charge is -2.04. The molecule has 1 aromatic rings. The molecule has 0 fully saturated rings. The van der Waals surface area contributed by atoms with Crippen molar-refractivity contribution in [1.29, 1.82) is 0 Å². The number of unbranched alkanes of at least 4 members (excludes halogenated alkanes) is 10. The number of benzene rings is 1. The van der Waals surface area contributed by atoms with Gasteiger partial charge in [-0.05, 0) is 37.8 Å². The standard InChI is InChI=1S/C22H33BrO/c1-20(24)16-12-10-8-6-4-2-3-5-7-9-11-13-17-21-18-14-15-19-22(21)23/h14-15,18-20,24H,2-11,13,17H2,1H3/t20-/m0/s1. The van der Waals surface area contributed by atoms with Gasteiger partial charge in [0.2, 0.25) is 0 Å². The summed E-state index contributed by atoms with van der Waals surface area (Å²) in [6.45, 7) is 1.72. The van der Waals surface area contributed by atoms with Crippen molar-refractivity contribution >= 4 is 15.9 Å².